The smallest absolute Gasteiger partial charge is 0.308 e. The van der Waals surface area contributed by atoms with Crippen LogP contribution < -0.4 is 15.0 Å². The van der Waals surface area contributed by atoms with Crippen LogP contribution in [0.4, 0.5) is 5.69 Å². The standard InChI is InChI=1S/C21H28N2O5/c1-14-6-5-7-16(15(14)2)22-19(24)12-28-21(26)10-11-23-17-8-3-4-9-18(17)27-13-20(23)25/h3-4,8-9,14-16H,5-7,10-13H2,1-2H3,(H,22,24)/t14-,15+,16-/m0/s1. The summed E-state index contributed by atoms with van der Waals surface area (Å²) in [6.45, 7) is 4.21. The van der Waals surface area contributed by atoms with Crippen LogP contribution >= 0.6 is 0 Å². The molecule has 2 amide bonds. The highest BCUT2D eigenvalue weighted by Crippen LogP contribution is 2.31. The first-order chi connectivity index (χ1) is 13.5. The number of nitrogens with one attached hydrogen (secondary N) is 1. The summed E-state index contributed by atoms with van der Waals surface area (Å²) in [5, 5.41) is 2.98. The van der Waals surface area contributed by atoms with Crippen molar-refractivity contribution in [3.05, 3.63) is 24.3 Å². The molecule has 1 aromatic rings. The van der Waals surface area contributed by atoms with Gasteiger partial charge in [0.05, 0.1) is 12.1 Å². The van der Waals surface area contributed by atoms with Crippen LogP contribution in [-0.2, 0) is 19.1 Å². The fraction of sp³-hybridized carbons (Fsp3) is 0.571. The van der Waals surface area contributed by atoms with Crippen LogP contribution in [0.2, 0.25) is 0 Å². The maximum Gasteiger partial charge on any atom is 0.308 e. The maximum atomic E-state index is 12.1. The lowest BCUT2D eigenvalue weighted by Crippen LogP contribution is -2.45. The van der Waals surface area contributed by atoms with Crippen LogP contribution in [0.5, 0.6) is 5.75 Å². The minimum absolute atomic E-state index is 0.0181. The predicted molar refractivity (Wildman–Crippen MR) is 104 cm³/mol. The third kappa shape index (κ3) is 4.82. The van der Waals surface area contributed by atoms with Gasteiger partial charge in [0.15, 0.2) is 13.2 Å². The lowest BCUT2D eigenvalue weighted by atomic mass is 9.78. The third-order valence-electron chi connectivity index (χ3n) is 5.77. The molecular formula is C21H28N2O5. The van der Waals surface area contributed by atoms with E-state index in [1.807, 2.05) is 12.1 Å². The Morgan fingerprint density at radius 3 is 2.86 bits per heavy atom. The Bertz CT molecular complexity index is 735. The first-order valence-electron chi connectivity index (χ1n) is 9.93. The predicted octanol–water partition coefficient (Wildman–Crippen LogP) is 2.29. The molecule has 1 aliphatic carbocycles. The summed E-state index contributed by atoms with van der Waals surface area (Å²) < 4.78 is 10.5. The Kier molecular flexibility index (Phi) is 6.54. The van der Waals surface area contributed by atoms with E-state index in [9.17, 15) is 14.4 Å². The van der Waals surface area contributed by atoms with Crippen molar-refractivity contribution in [2.75, 3.05) is 24.7 Å². The Balaban J connectivity index is 1.43. The minimum Gasteiger partial charge on any atom is -0.482 e. The lowest BCUT2D eigenvalue weighted by Gasteiger charge is -2.34. The second-order valence-corrected chi connectivity index (χ2v) is 7.65. The van der Waals surface area contributed by atoms with E-state index in [1.165, 1.54) is 11.3 Å². The van der Waals surface area contributed by atoms with Crippen molar-refractivity contribution in [3.63, 3.8) is 0 Å². The summed E-state index contributed by atoms with van der Waals surface area (Å²) >= 11 is 0. The normalized spacial score (nSPS) is 24.1. The third-order valence-corrected chi connectivity index (χ3v) is 5.77. The molecule has 1 heterocycles. The van der Waals surface area contributed by atoms with Gasteiger partial charge in [0.25, 0.3) is 11.8 Å². The summed E-state index contributed by atoms with van der Waals surface area (Å²) in [6.07, 6.45) is 3.27. The van der Waals surface area contributed by atoms with E-state index in [0.717, 1.165) is 12.8 Å². The van der Waals surface area contributed by atoms with Gasteiger partial charge in [-0.3, -0.25) is 14.4 Å². The second kappa shape index (κ2) is 9.08. The van der Waals surface area contributed by atoms with E-state index >= 15 is 0 Å². The van der Waals surface area contributed by atoms with Crippen molar-refractivity contribution in [2.24, 2.45) is 11.8 Å². The maximum absolute atomic E-state index is 12.1. The highest BCUT2D eigenvalue weighted by Gasteiger charge is 2.29. The number of carbonyl (C=O) groups excluding carboxylic acids is 3. The van der Waals surface area contributed by atoms with Crippen LogP contribution in [-0.4, -0.2) is 43.6 Å². The van der Waals surface area contributed by atoms with Crippen LogP contribution in [0.3, 0.4) is 0 Å². The van der Waals surface area contributed by atoms with Crippen molar-refractivity contribution in [1.29, 1.82) is 0 Å². The van der Waals surface area contributed by atoms with Gasteiger partial charge in [0, 0.05) is 12.6 Å². The van der Waals surface area contributed by atoms with Gasteiger partial charge < -0.3 is 19.7 Å². The van der Waals surface area contributed by atoms with Gasteiger partial charge in [-0.05, 0) is 30.4 Å². The number of amides is 2. The summed E-state index contributed by atoms with van der Waals surface area (Å²) in [4.78, 5) is 37.8. The van der Waals surface area contributed by atoms with Gasteiger partial charge in [0.2, 0.25) is 0 Å². The number of nitrogens with zero attached hydrogens (tertiary/aromatic N) is 1. The molecule has 1 N–H and O–H groups in total. The van der Waals surface area contributed by atoms with Gasteiger partial charge in [0.1, 0.15) is 5.75 Å². The molecule has 1 aliphatic heterocycles. The molecule has 7 nitrogen and oxygen atoms in total. The van der Waals surface area contributed by atoms with Crippen LogP contribution in [0.25, 0.3) is 0 Å². The fourth-order valence-electron chi connectivity index (χ4n) is 3.85. The highest BCUT2D eigenvalue weighted by atomic mass is 16.5. The molecule has 3 rings (SSSR count). The number of para-hydroxylation sites is 2. The molecule has 1 fully saturated rings. The molecule has 28 heavy (non-hydrogen) atoms. The molecule has 1 aromatic carbocycles. The molecule has 7 heteroatoms. The molecule has 1 saturated carbocycles. The highest BCUT2D eigenvalue weighted by molar-refractivity contribution is 5.98. The number of benzene rings is 1. The monoisotopic (exact) mass is 388 g/mol. The summed E-state index contributed by atoms with van der Waals surface area (Å²) in [7, 11) is 0. The van der Waals surface area contributed by atoms with Crippen LogP contribution in [0, 0.1) is 11.8 Å². The average molecular weight is 388 g/mol. The minimum atomic E-state index is -0.503. The topological polar surface area (TPSA) is 84.9 Å². The summed E-state index contributed by atoms with van der Waals surface area (Å²) in [6, 6.07) is 7.33. The zero-order valence-corrected chi connectivity index (χ0v) is 16.5. The van der Waals surface area contributed by atoms with Crippen molar-refractivity contribution in [2.45, 2.75) is 45.6 Å². The number of hydrogen-bond acceptors (Lipinski definition) is 5. The quantitative estimate of drug-likeness (QED) is 0.756. The van der Waals surface area contributed by atoms with E-state index in [1.54, 1.807) is 12.1 Å². The Hall–Kier alpha value is -2.57. The number of anilines is 1. The number of fused-ring (bicyclic) bond motifs is 1. The lowest BCUT2D eigenvalue weighted by molar-refractivity contribution is -0.148. The number of esters is 1. The second-order valence-electron chi connectivity index (χ2n) is 7.65. The molecule has 2 aliphatic rings. The van der Waals surface area contributed by atoms with E-state index in [0.29, 0.717) is 23.3 Å². The fourth-order valence-corrected chi connectivity index (χ4v) is 3.85. The first kappa shape index (κ1) is 20.2. The molecule has 0 unspecified atom stereocenters. The SMILES string of the molecule is C[C@H]1[C@@H](NC(=O)COC(=O)CCN2C(=O)COc3ccccc32)CCC[C@@H]1C. The molecule has 0 aromatic heterocycles. The van der Waals surface area contributed by atoms with E-state index < -0.39 is 5.97 Å². The van der Waals surface area contributed by atoms with Gasteiger partial charge in [-0.15, -0.1) is 0 Å². The Morgan fingerprint density at radius 1 is 1.25 bits per heavy atom. The average Bonchev–Trinajstić information content (AvgIpc) is 2.69. The van der Waals surface area contributed by atoms with Crippen LogP contribution in [0.15, 0.2) is 24.3 Å². The zero-order chi connectivity index (χ0) is 20.1. The van der Waals surface area contributed by atoms with Crippen molar-refractivity contribution < 1.29 is 23.9 Å². The molecule has 0 spiro atoms. The molecular weight excluding hydrogens is 360 g/mol. The van der Waals surface area contributed by atoms with Crippen molar-refractivity contribution in [3.8, 4) is 5.75 Å². The summed E-state index contributed by atoms with van der Waals surface area (Å²) in [5.74, 6) is 0.635. The molecule has 3 atom stereocenters. The number of ether oxygens (including phenoxy) is 2. The van der Waals surface area contributed by atoms with Gasteiger partial charge in [-0.1, -0.05) is 38.8 Å². The number of hydrogen-bond donors (Lipinski definition) is 1. The van der Waals surface area contributed by atoms with E-state index in [4.69, 9.17) is 9.47 Å². The largest absolute Gasteiger partial charge is 0.482 e. The Labute approximate surface area is 165 Å². The van der Waals surface area contributed by atoms with Gasteiger partial charge in [-0.25, -0.2) is 0 Å². The van der Waals surface area contributed by atoms with E-state index in [-0.39, 0.29) is 44.0 Å². The summed E-state index contributed by atoms with van der Waals surface area (Å²) in [5.41, 5.74) is 0.643. The number of rotatable bonds is 6. The van der Waals surface area contributed by atoms with Gasteiger partial charge in [-0.2, -0.15) is 0 Å². The molecule has 152 valence electrons. The first-order valence-corrected chi connectivity index (χ1v) is 9.93. The number of carbonyl (C=O) groups is 3. The zero-order valence-electron chi connectivity index (χ0n) is 16.5. The van der Waals surface area contributed by atoms with E-state index in [2.05, 4.69) is 19.2 Å². The molecule has 0 bridgehead atoms. The van der Waals surface area contributed by atoms with Crippen molar-refractivity contribution in [1.82, 2.24) is 5.32 Å². The Morgan fingerprint density at radius 2 is 2.04 bits per heavy atom. The molecule has 0 radical (unpaired) electrons. The van der Waals surface area contributed by atoms with Crippen molar-refractivity contribution >= 4 is 23.5 Å². The van der Waals surface area contributed by atoms with Crippen LogP contribution in [0.1, 0.15) is 39.5 Å². The van der Waals surface area contributed by atoms with Gasteiger partial charge >= 0.3 is 5.97 Å². The molecule has 0 saturated heterocycles.